The van der Waals surface area contributed by atoms with Crippen LogP contribution < -0.4 is 16.2 Å². The molecule has 1 amide bonds. The van der Waals surface area contributed by atoms with Gasteiger partial charge in [0.2, 0.25) is 11.0 Å². The van der Waals surface area contributed by atoms with Crippen LogP contribution in [-0.4, -0.2) is 22.1 Å². The summed E-state index contributed by atoms with van der Waals surface area (Å²) in [4.78, 5) is 12.5. The maximum absolute atomic E-state index is 12.5. The molecule has 25 heavy (non-hydrogen) atoms. The minimum absolute atomic E-state index is 0.0969. The van der Waals surface area contributed by atoms with Gasteiger partial charge in [-0.1, -0.05) is 39.4 Å². The van der Waals surface area contributed by atoms with Crippen LogP contribution in [0.15, 0.2) is 45.6 Å². The minimum Gasteiger partial charge on any atom is -0.299 e. The summed E-state index contributed by atoms with van der Waals surface area (Å²) >= 11 is 6.41. The average molecular weight is 436 g/mol. The highest BCUT2D eigenvalue weighted by atomic mass is 79.9. The Labute approximate surface area is 160 Å². The third-order valence-electron chi connectivity index (χ3n) is 3.92. The van der Waals surface area contributed by atoms with E-state index in [1.54, 1.807) is 11.3 Å². The first-order valence-corrected chi connectivity index (χ1v) is 10.2. The Bertz CT molecular complexity index is 865. The van der Waals surface area contributed by atoms with Crippen LogP contribution in [-0.2, 0) is 4.79 Å². The second kappa shape index (κ2) is 7.30. The molecule has 0 aliphatic carbocycles. The van der Waals surface area contributed by atoms with Gasteiger partial charge in [-0.2, -0.15) is 11.3 Å². The summed E-state index contributed by atoms with van der Waals surface area (Å²) < 4.78 is 1.04. The number of hydrogen-bond acceptors (Lipinski definition) is 7. The smallest absolute Gasteiger partial charge is 0.244 e. The van der Waals surface area contributed by atoms with Crippen molar-refractivity contribution in [3.8, 4) is 10.6 Å². The highest BCUT2D eigenvalue weighted by Gasteiger charge is 2.30. The third kappa shape index (κ3) is 3.80. The fourth-order valence-electron chi connectivity index (χ4n) is 2.61. The van der Waals surface area contributed by atoms with E-state index in [2.05, 4.69) is 42.3 Å². The molecule has 0 spiro atoms. The van der Waals surface area contributed by atoms with Gasteiger partial charge in [0.05, 0.1) is 0 Å². The molecule has 0 saturated carbocycles. The number of hydrogen-bond donors (Lipinski definition) is 3. The van der Waals surface area contributed by atoms with Gasteiger partial charge in [-0.15, -0.1) is 10.2 Å². The van der Waals surface area contributed by atoms with Gasteiger partial charge in [-0.25, -0.2) is 10.9 Å². The molecule has 3 heterocycles. The van der Waals surface area contributed by atoms with Crippen LogP contribution in [0.4, 0.5) is 5.13 Å². The number of nitrogens with one attached hydrogen (secondary N) is 3. The number of hydrazine groups is 1. The minimum atomic E-state index is -0.317. The average Bonchev–Trinajstić information content (AvgIpc) is 3.36. The molecule has 1 aliphatic rings. The van der Waals surface area contributed by atoms with E-state index >= 15 is 0 Å². The zero-order valence-corrected chi connectivity index (χ0v) is 16.1. The topological polar surface area (TPSA) is 78.9 Å². The summed E-state index contributed by atoms with van der Waals surface area (Å²) in [5.74, 6) is -0.111. The first-order chi connectivity index (χ1) is 12.2. The van der Waals surface area contributed by atoms with Gasteiger partial charge in [0.25, 0.3) is 0 Å². The van der Waals surface area contributed by atoms with Crippen molar-refractivity contribution in [2.24, 2.45) is 0 Å². The SMILES string of the molecule is O=C(Nc1nnc(-c2ccsc2)s1)C1CC(c2ccc(Br)cc2)NN1. The summed E-state index contributed by atoms with van der Waals surface area (Å²) in [6.45, 7) is 0. The maximum atomic E-state index is 12.5. The summed E-state index contributed by atoms with van der Waals surface area (Å²) in [7, 11) is 0. The number of benzene rings is 1. The van der Waals surface area contributed by atoms with Crippen molar-refractivity contribution in [1.29, 1.82) is 0 Å². The predicted octanol–water partition coefficient (Wildman–Crippen LogP) is 3.58. The van der Waals surface area contributed by atoms with Crippen LogP contribution in [0.5, 0.6) is 0 Å². The van der Waals surface area contributed by atoms with Crippen LogP contribution in [0.25, 0.3) is 10.6 Å². The van der Waals surface area contributed by atoms with Gasteiger partial charge in [0.1, 0.15) is 11.0 Å². The number of carbonyl (C=O) groups excluding carboxylic acids is 1. The lowest BCUT2D eigenvalue weighted by Crippen LogP contribution is -2.39. The van der Waals surface area contributed by atoms with Gasteiger partial charge >= 0.3 is 0 Å². The molecule has 3 aromatic rings. The van der Waals surface area contributed by atoms with Gasteiger partial charge in [0.15, 0.2) is 0 Å². The van der Waals surface area contributed by atoms with Crippen molar-refractivity contribution in [1.82, 2.24) is 21.0 Å². The van der Waals surface area contributed by atoms with Gasteiger partial charge in [-0.3, -0.25) is 10.1 Å². The number of nitrogens with zero attached hydrogens (tertiary/aromatic N) is 2. The highest BCUT2D eigenvalue weighted by Crippen LogP contribution is 2.29. The molecule has 2 unspecified atom stereocenters. The number of halogens is 1. The zero-order chi connectivity index (χ0) is 17.2. The number of amides is 1. The largest absolute Gasteiger partial charge is 0.299 e. The molecule has 0 bridgehead atoms. The van der Waals surface area contributed by atoms with Crippen LogP contribution in [0.3, 0.4) is 0 Å². The maximum Gasteiger partial charge on any atom is 0.244 e. The summed E-state index contributed by atoms with van der Waals surface area (Å²) in [6, 6.07) is 9.85. The van der Waals surface area contributed by atoms with Crippen LogP contribution in [0, 0.1) is 0 Å². The Morgan fingerprint density at radius 2 is 2.04 bits per heavy atom. The molecule has 1 aromatic carbocycles. The van der Waals surface area contributed by atoms with E-state index in [1.807, 2.05) is 41.1 Å². The zero-order valence-electron chi connectivity index (χ0n) is 12.9. The molecule has 3 N–H and O–H groups in total. The molecule has 6 nitrogen and oxygen atoms in total. The third-order valence-corrected chi connectivity index (χ3v) is 6.01. The Morgan fingerprint density at radius 1 is 1.20 bits per heavy atom. The monoisotopic (exact) mass is 435 g/mol. The van der Waals surface area contributed by atoms with E-state index < -0.39 is 0 Å². The van der Waals surface area contributed by atoms with Crippen molar-refractivity contribution >= 4 is 49.6 Å². The second-order valence-electron chi connectivity index (χ2n) is 5.59. The van der Waals surface area contributed by atoms with E-state index in [0.717, 1.165) is 20.6 Å². The van der Waals surface area contributed by atoms with Crippen molar-refractivity contribution in [3.63, 3.8) is 0 Å². The van der Waals surface area contributed by atoms with E-state index in [1.165, 1.54) is 11.3 Å². The molecular weight excluding hydrogens is 422 g/mol. The van der Waals surface area contributed by atoms with Crippen molar-refractivity contribution < 1.29 is 4.79 Å². The van der Waals surface area contributed by atoms with Crippen LogP contribution in [0.2, 0.25) is 0 Å². The van der Waals surface area contributed by atoms with E-state index in [9.17, 15) is 4.79 Å². The number of carbonyl (C=O) groups is 1. The van der Waals surface area contributed by atoms with Crippen molar-refractivity contribution in [2.45, 2.75) is 18.5 Å². The first kappa shape index (κ1) is 16.8. The first-order valence-electron chi connectivity index (χ1n) is 7.62. The lowest BCUT2D eigenvalue weighted by Gasteiger charge is -2.09. The lowest BCUT2D eigenvalue weighted by molar-refractivity contribution is -0.117. The standard InChI is InChI=1S/C16H14BrN5OS2/c17-11-3-1-9(2-4-11)12-7-13(20-19-12)14(23)18-16-22-21-15(25-16)10-5-6-24-8-10/h1-6,8,12-13,19-20H,7H2,(H,18,22,23). The van der Waals surface area contributed by atoms with Gasteiger partial charge in [0, 0.05) is 21.5 Å². The van der Waals surface area contributed by atoms with Crippen molar-refractivity contribution in [2.75, 3.05) is 5.32 Å². The molecule has 0 radical (unpaired) electrons. The molecule has 9 heteroatoms. The van der Waals surface area contributed by atoms with E-state index in [0.29, 0.717) is 11.6 Å². The second-order valence-corrected chi connectivity index (χ2v) is 8.27. The van der Waals surface area contributed by atoms with Crippen LogP contribution in [0.1, 0.15) is 18.0 Å². The number of thiophene rings is 1. The Morgan fingerprint density at radius 3 is 2.80 bits per heavy atom. The quantitative estimate of drug-likeness (QED) is 0.583. The number of rotatable bonds is 4. The molecule has 1 aliphatic heterocycles. The number of aromatic nitrogens is 2. The Kier molecular flexibility index (Phi) is 4.91. The summed E-state index contributed by atoms with van der Waals surface area (Å²) in [5.41, 5.74) is 8.41. The summed E-state index contributed by atoms with van der Waals surface area (Å²) in [5, 5.41) is 16.4. The highest BCUT2D eigenvalue weighted by molar-refractivity contribution is 9.10. The lowest BCUT2D eigenvalue weighted by atomic mass is 10.0. The molecule has 128 valence electrons. The Hall–Kier alpha value is -1.65. The van der Waals surface area contributed by atoms with Crippen molar-refractivity contribution in [3.05, 3.63) is 51.1 Å². The summed E-state index contributed by atoms with van der Waals surface area (Å²) in [6.07, 6.45) is 0.670. The fraction of sp³-hybridized carbons (Fsp3) is 0.188. The normalized spacial score (nSPS) is 19.9. The molecule has 2 aromatic heterocycles. The Balaban J connectivity index is 1.38. The predicted molar refractivity (Wildman–Crippen MR) is 103 cm³/mol. The molecule has 2 atom stereocenters. The fourth-order valence-corrected chi connectivity index (χ4v) is 4.33. The molecule has 1 saturated heterocycles. The van der Waals surface area contributed by atoms with E-state index in [4.69, 9.17) is 0 Å². The molecular formula is C16H14BrN5OS2. The molecule has 1 fully saturated rings. The van der Waals surface area contributed by atoms with Crippen LogP contribution >= 0.6 is 38.6 Å². The van der Waals surface area contributed by atoms with Gasteiger partial charge < -0.3 is 0 Å². The van der Waals surface area contributed by atoms with E-state index in [-0.39, 0.29) is 18.0 Å². The van der Waals surface area contributed by atoms with Gasteiger partial charge in [-0.05, 0) is 35.6 Å². The number of anilines is 1. The molecule has 4 rings (SSSR count).